The summed E-state index contributed by atoms with van der Waals surface area (Å²) in [5, 5.41) is 5.10. The molecule has 3 N–H and O–H groups in total. The minimum absolute atomic E-state index is 0.0428. The Kier molecular flexibility index (Phi) is 5.66. The molecule has 3 rings (SSSR count). The molecule has 0 bridgehead atoms. The van der Waals surface area contributed by atoms with Crippen molar-refractivity contribution in [2.24, 2.45) is 0 Å². The van der Waals surface area contributed by atoms with Gasteiger partial charge in [0, 0.05) is 5.56 Å². The Morgan fingerprint density at radius 3 is 2.50 bits per heavy atom. The molecule has 4 nitrogen and oxygen atoms in total. The first kappa shape index (κ1) is 17.1. The maximum absolute atomic E-state index is 12.3. The molecular formula is C19H27N3OS+2. The van der Waals surface area contributed by atoms with Crippen LogP contribution in [0.5, 0.6) is 0 Å². The van der Waals surface area contributed by atoms with Crippen molar-refractivity contribution in [2.75, 3.05) is 39.8 Å². The zero-order valence-electron chi connectivity index (χ0n) is 14.5. The first-order chi connectivity index (χ1) is 11.6. The van der Waals surface area contributed by atoms with Gasteiger partial charge >= 0.3 is 0 Å². The van der Waals surface area contributed by atoms with E-state index >= 15 is 0 Å². The van der Waals surface area contributed by atoms with E-state index < -0.39 is 0 Å². The Balaban J connectivity index is 1.71. The van der Waals surface area contributed by atoms with Gasteiger partial charge in [-0.15, -0.1) is 11.3 Å². The zero-order valence-corrected chi connectivity index (χ0v) is 15.3. The number of aryl methyl sites for hydroxylation is 1. The highest BCUT2D eigenvalue weighted by molar-refractivity contribution is 7.12. The predicted molar refractivity (Wildman–Crippen MR) is 97.9 cm³/mol. The molecule has 1 aromatic heterocycles. The largest absolute Gasteiger partial charge is 0.345 e. The Morgan fingerprint density at radius 2 is 1.88 bits per heavy atom. The smallest absolute Gasteiger partial charge is 0.261 e. The summed E-state index contributed by atoms with van der Waals surface area (Å²) in [6, 6.07) is 12.9. The van der Waals surface area contributed by atoms with Crippen LogP contribution in [0.25, 0.3) is 0 Å². The second kappa shape index (κ2) is 7.92. The fourth-order valence-corrected chi connectivity index (χ4v) is 3.97. The quantitative estimate of drug-likeness (QED) is 0.698. The Hall–Kier alpha value is -1.69. The molecule has 2 aromatic rings. The molecule has 1 aliphatic rings. The lowest BCUT2D eigenvalue weighted by atomic mass is 10.0. The third-order valence-corrected chi connectivity index (χ3v) is 5.80. The van der Waals surface area contributed by atoms with Crippen molar-refractivity contribution in [1.82, 2.24) is 5.32 Å². The van der Waals surface area contributed by atoms with Crippen LogP contribution in [0.15, 0.2) is 41.8 Å². The van der Waals surface area contributed by atoms with Gasteiger partial charge in [-0.2, -0.15) is 0 Å². The standard InChI is InChI=1S/C19H25N3OS/c1-15-5-7-16(8-6-15)17(22-11-9-21(2)10-12-22)14-20-19(23)18-4-3-13-24-18/h3-8,13,17H,9-12,14H2,1-2H3,(H,20,23)/p+2/t17-/m1/s1. The van der Waals surface area contributed by atoms with Crippen molar-refractivity contribution in [1.29, 1.82) is 0 Å². The molecule has 1 fully saturated rings. The van der Waals surface area contributed by atoms with Gasteiger partial charge in [0.15, 0.2) is 0 Å². The van der Waals surface area contributed by atoms with E-state index in [-0.39, 0.29) is 5.91 Å². The number of rotatable bonds is 5. The van der Waals surface area contributed by atoms with Crippen molar-refractivity contribution in [3.05, 3.63) is 57.8 Å². The third kappa shape index (κ3) is 4.23. The van der Waals surface area contributed by atoms with E-state index in [0.717, 1.165) is 18.0 Å². The molecule has 128 valence electrons. The topological polar surface area (TPSA) is 38.0 Å². The van der Waals surface area contributed by atoms with Crippen molar-refractivity contribution >= 4 is 17.2 Å². The van der Waals surface area contributed by atoms with Crippen LogP contribution < -0.4 is 15.1 Å². The summed E-state index contributed by atoms with van der Waals surface area (Å²) in [7, 11) is 2.26. The summed E-state index contributed by atoms with van der Waals surface area (Å²) in [5.41, 5.74) is 2.60. The molecule has 0 radical (unpaired) electrons. The molecule has 0 aliphatic carbocycles. The van der Waals surface area contributed by atoms with Crippen LogP contribution >= 0.6 is 11.3 Å². The van der Waals surface area contributed by atoms with Gasteiger partial charge in [0.2, 0.25) is 0 Å². The molecule has 5 heteroatoms. The van der Waals surface area contributed by atoms with E-state index in [2.05, 4.69) is 43.6 Å². The summed E-state index contributed by atoms with van der Waals surface area (Å²) in [4.78, 5) is 16.3. The van der Waals surface area contributed by atoms with E-state index in [4.69, 9.17) is 0 Å². The fraction of sp³-hybridized carbons (Fsp3) is 0.421. The maximum atomic E-state index is 12.3. The molecule has 2 heterocycles. The Morgan fingerprint density at radius 1 is 1.17 bits per heavy atom. The lowest BCUT2D eigenvalue weighted by Crippen LogP contribution is -3.27. The normalized spacial score (nSPS) is 22.1. The zero-order chi connectivity index (χ0) is 16.9. The molecule has 0 saturated carbocycles. The van der Waals surface area contributed by atoms with E-state index in [1.807, 2.05) is 17.5 Å². The number of carbonyl (C=O) groups excluding carboxylic acids is 1. The maximum Gasteiger partial charge on any atom is 0.261 e. The summed E-state index contributed by atoms with van der Waals surface area (Å²) < 4.78 is 0. The van der Waals surface area contributed by atoms with E-state index in [9.17, 15) is 4.79 Å². The number of carbonyl (C=O) groups is 1. The molecule has 1 saturated heterocycles. The SMILES string of the molecule is Cc1ccc([C@@H](CNC(=O)c2cccs2)[NH+]2CC[NH+](C)CC2)cc1. The van der Waals surface area contributed by atoms with Gasteiger partial charge in [0.1, 0.15) is 32.2 Å². The van der Waals surface area contributed by atoms with Crippen LogP contribution in [0.1, 0.15) is 26.8 Å². The van der Waals surface area contributed by atoms with Crippen molar-refractivity contribution in [3.8, 4) is 0 Å². The van der Waals surface area contributed by atoms with Gasteiger partial charge < -0.3 is 15.1 Å². The molecule has 1 aromatic carbocycles. The van der Waals surface area contributed by atoms with Crippen molar-refractivity contribution in [2.45, 2.75) is 13.0 Å². The van der Waals surface area contributed by atoms with Crippen LogP contribution in [-0.4, -0.2) is 45.7 Å². The number of likely N-dealkylation sites (N-methyl/N-ethyl adjacent to an activating group) is 1. The number of hydrogen-bond donors (Lipinski definition) is 3. The van der Waals surface area contributed by atoms with E-state index in [1.165, 1.54) is 35.6 Å². The van der Waals surface area contributed by atoms with Gasteiger partial charge in [-0.25, -0.2) is 0 Å². The number of nitrogens with one attached hydrogen (secondary N) is 3. The highest BCUT2D eigenvalue weighted by Crippen LogP contribution is 2.12. The van der Waals surface area contributed by atoms with Crippen molar-refractivity contribution in [3.63, 3.8) is 0 Å². The van der Waals surface area contributed by atoms with Crippen LogP contribution in [0.3, 0.4) is 0 Å². The summed E-state index contributed by atoms with van der Waals surface area (Å²) >= 11 is 1.49. The summed E-state index contributed by atoms with van der Waals surface area (Å²) in [5.74, 6) is 0.0428. The number of quaternary nitrogens is 2. The second-order valence-electron chi connectivity index (χ2n) is 6.77. The molecule has 1 aliphatic heterocycles. The highest BCUT2D eigenvalue weighted by atomic mass is 32.1. The lowest BCUT2D eigenvalue weighted by molar-refractivity contribution is -1.02. The van der Waals surface area contributed by atoms with Gasteiger partial charge in [-0.3, -0.25) is 4.79 Å². The lowest BCUT2D eigenvalue weighted by Gasteiger charge is -2.33. The van der Waals surface area contributed by atoms with Crippen LogP contribution in [-0.2, 0) is 0 Å². The first-order valence-electron chi connectivity index (χ1n) is 8.67. The minimum Gasteiger partial charge on any atom is -0.345 e. The number of benzene rings is 1. The molecule has 0 spiro atoms. The van der Waals surface area contributed by atoms with Crippen LogP contribution in [0.4, 0.5) is 0 Å². The van der Waals surface area contributed by atoms with Gasteiger partial charge in [0.25, 0.3) is 5.91 Å². The number of amides is 1. The van der Waals surface area contributed by atoms with Gasteiger partial charge in [0.05, 0.1) is 18.5 Å². The Bertz CT molecular complexity index is 646. The molecule has 1 amide bonds. The number of hydrogen-bond acceptors (Lipinski definition) is 2. The van der Waals surface area contributed by atoms with Crippen LogP contribution in [0.2, 0.25) is 0 Å². The number of thiophene rings is 1. The van der Waals surface area contributed by atoms with Crippen LogP contribution in [0, 0.1) is 6.92 Å². The van der Waals surface area contributed by atoms with E-state index in [1.54, 1.807) is 9.80 Å². The molecule has 0 unspecified atom stereocenters. The molecule has 24 heavy (non-hydrogen) atoms. The summed E-state index contributed by atoms with van der Waals surface area (Å²) in [6.45, 7) is 7.49. The average molecular weight is 346 g/mol. The van der Waals surface area contributed by atoms with E-state index in [0.29, 0.717) is 12.6 Å². The summed E-state index contributed by atoms with van der Waals surface area (Å²) in [6.07, 6.45) is 0. The van der Waals surface area contributed by atoms with Crippen molar-refractivity contribution < 1.29 is 14.6 Å². The average Bonchev–Trinajstić information content (AvgIpc) is 3.12. The van der Waals surface area contributed by atoms with Gasteiger partial charge in [-0.1, -0.05) is 35.9 Å². The molecular weight excluding hydrogens is 318 g/mol. The second-order valence-corrected chi connectivity index (χ2v) is 7.71. The van der Waals surface area contributed by atoms with Gasteiger partial charge in [-0.05, 0) is 18.4 Å². The molecule has 1 atom stereocenters. The third-order valence-electron chi connectivity index (χ3n) is 4.93. The first-order valence-corrected chi connectivity index (χ1v) is 9.55. The predicted octanol–water partition coefficient (Wildman–Crippen LogP) is -0.0592. The number of piperazine rings is 1. The fourth-order valence-electron chi connectivity index (χ4n) is 3.33. The monoisotopic (exact) mass is 345 g/mol. The Labute approximate surface area is 148 Å². The highest BCUT2D eigenvalue weighted by Gasteiger charge is 2.29. The minimum atomic E-state index is 0.0428.